The molecule has 0 amide bonds. The molecular weight excluding hydrogens is 348 g/mol. The first-order chi connectivity index (χ1) is 9.60. The number of hydrogen-bond acceptors (Lipinski definition) is 4. The van der Waals surface area contributed by atoms with Crippen LogP contribution in [0.15, 0.2) is 28.9 Å². The molecule has 0 saturated heterocycles. The first-order valence-electron chi connectivity index (χ1n) is 5.75. The van der Waals surface area contributed by atoms with E-state index in [0.717, 1.165) is 0 Å². The van der Waals surface area contributed by atoms with E-state index in [1.165, 1.54) is 4.68 Å². The first kappa shape index (κ1) is 14.7. The van der Waals surface area contributed by atoms with Gasteiger partial charge in [-0.2, -0.15) is 5.10 Å². The topological polar surface area (TPSA) is 61.2 Å². The molecule has 104 valence electrons. The van der Waals surface area contributed by atoms with E-state index >= 15 is 0 Å². The van der Waals surface area contributed by atoms with E-state index in [2.05, 4.69) is 21.0 Å². The number of nitrogens with zero attached hydrogens (tertiary/aromatic N) is 2. The van der Waals surface area contributed by atoms with Crippen molar-refractivity contribution in [3.05, 3.63) is 45.1 Å². The highest BCUT2D eigenvalue weighted by Crippen LogP contribution is 2.27. The molecule has 0 radical (unpaired) electrons. The van der Waals surface area contributed by atoms with Gasteiger partial charge in [-0.15, -0.1) is 0 Å². The van der Waals surface area contributed by atoms with E-state index in [0.29, 0.717) is 21.6 Å². The smallest absolute Gasteiger partial charge is 0.359 e. The number of carbonyl (C=O) groups excluding carboxylic acids is 2. The van der Waals surface area contributed by atoms with Gasteiger partial charge in [-0.3, -0.25) is 4.79 Å². The number of hydrogen-bond donors (Lipinski definition) is 0. The third-order valence-electron chi connectivity index (χ3n) is 2.53. The SMILES string of the molecule is CCOC(=O)c1nn(-c2ccccc2Cl)c(Br)c1C=O. The van der Waals surface area contributed by atoms with Crippen LogP contribution in [0.2, 0.25) is 5.02 Å². The zero-order valence-corrected chi connectivity index (χ0v) is 12.8. The predicted molar refractivity (Wildman–Crippen MR) is 77.6 cm³/mol. The Balaban J connectivity index is 2.59. The fourth-order valence-corrected chi connectivity index (χ4v) is 2.41. The summed E-state index contributed by atoms with van der Waals surface area (Å²) in [5.41, 5.74) is 0.636. The van der Waals surface area contributed by atoms with Crippen LogP contribution in [0.4, 0.5) is 0 Å². The molecule has 0 aliphatic heterocycles. The number of benzene rings is 1. The van der Waals surface area contributed by atoms with Gasteiger partial charge in [0, 0.05) is 0 Å². The Bertz CT molecular complexity index is 670. The second-order valence-corrected chi connectivity index (χ2v) is 4.91. The van der Waals surface area contributed by atoms with Crippen molar-refractivity contribution in [2.24, 2.45) is 0 Å². The van der Waals surface area contributed by atoms with Gasteiger partial charge in [-0.25, -0.2) is 9.48 Å². The highest BCUT2D eigenvalue weighted by Gasteiger charge is 2.23. The number of ether oxygens (including phenoxy) is 1. The summed E-state index contributed by atoms with van der Waals surface area (Å²) >= 11 is 9.35. The zero-order valence-electron chi connectivity index (χ0n) is 10.5. The van der Waals surface area contributed by atoms with Gasteiger partial charge in [0.2, 0.25) is 0 Å². The van der Waals surface area contributed by atoms with Crippen molar-refractivity contribution in [1.29, 1.82) is 0 Å². The molecular formula is C13H10BrClN2O3. The molecule has 0 spiro atoms. The number of rotatable bonds is 4. The molecule has 7 heteroatoms. The maximum absolute atomic E-state index is 11.8. The van der Waals surface area contributed by atoms with Crippen LogP contribution in [0.3, 0.4) is 0 Å². The fraction of sp³-hybridized carbons (Fsp3) is 0.154. The summed E-state index contributed by atoms with van der Waals surface area (Å²) in [5.74, 6) is -0.652. The monoisotopic (exact) mass is 356 g/mol. The van der Waals surface area contributed by atoms with E-state index in [4.69, 9.17) is 16.3 Å². The van der Waals surface area contributed by atoms with Crippen molar-refractivity contribution in [2.75, 3.05) is 6.61 Å². The van der Waals surface area contributed by atoms with Crippen molar-refractivity contribution in [1.82, 2.24) is 9.78 Å². The fourth-order valence-electron chi connectivity index (χ4n) is 1.65. The molecule has 0 fully saturated rings. The number of esters is 1. The quantitative estimate of drug-likeness (QED) is 0.622. The van der Waals surface area contributed by atoms with Crippen molar-refractivity contribution in [3.8, 4) is 5.69 Å². The lowest BCUT2D eigenvalue weighted by atomic mass is 10.3. The summed E-state index contributed by atoms with van der Waals surface area (Å²) in [4.78, 5) is 23.0. The Kier molecular flexibility index (Phi) is 4.57. The van der Waals surface area contributed by atoms with Crippen molar-refractivity contribution < 1.29 is 14.3 Å². The summed E-state index contributed by atoms with van der Waals surface area (Å²) in [6, 6.07) is 6.97. The van der Waals surface area contributed by atoms with Crippen LogP contribution >= 0.6 is 27.5 Å². The third-order valence-corrected chi connectivity index (χ3v) is 3.61. The lowest BCUT2D eigenvalue weighted by Crippen LogP contribution is -2.08. The van der Waals surface area contributed by atoms with Crippen molar-refractivity contribution >= 4 is 39.8 Å². The summed E-state index contributed by atoms with van der Waals surface area (Å²) < 4.78 is 6.62. The summed E-state index contributed by atoms with van der Waals surface area (Å²) in [7, 11) is 0. The number of carbonyl (C=O) groups is 2. The highest BCUT2D eigenvalue weighted by atomic mass is 79.9. The molecule has 0 N–H and O–H groups in total. The van der Waals surface area contributed by atoms with Gasteiger partial charge in [0.25, 0.3) is 0 Å². The summed E-state index contributed by atoms with van der Waals surface area (Å²) in [6.45, 7) is 1.88. The summed E-state index contributed by atoms with van der Waals surface area (Å²) in [5, 5.41) is 4.56. The van der Waals surface area contributed by atoms with Crippen LogP contribution in [-0.4, -0.2) is 28.6 Å². The van der Waals surface area contributed by atoms with Gasteiger partial charge in [0.1, 0.15) is 4.60 Å². The van der Waals surface area contributed by atoms with Gasteiger partial charge >= 0.3 is 5.97 Å². The number of para-hydroxylation sites is 1. The number of halogens is 2. The zero-order chi connectivity index (χ0) is 14.7. The second-order valence-electron chi connectivity index (χ2n) is 3.75. The second kappa shape index (κ2) is 6.19. The van der Waals surface area contributed by atoms with Crippen LogP contribution < -0.4 is 0 Å². The molecule has 0 unspecified atom stereocenters. The van der Waals surface area contributed by atoms with Gasteiger partial charge in [0.15, 0.2) is 12.0 Å². The van der Waals surface area contributed by atoms with Crippen LogP contribution in [-0.2, 0) is 4.74 Å². The Hall–Kier alpha value is -1.66. The van der Waals surface area contributed by atoms with E-state index in [1.807, 2.05) is 0 Å². The molecule has 1 aromatic carbocycles. The van der Waals surface area contributed by atoms with Gasteiger partial charge in [-0.1, -0.05) is 23.7 Å². The molecule has 1 aromatic heterocycles. The Morgan fingerprint density at radius 1 is 1.50 bits per heavy atom. The van der Waals surface area contributed by atoms with Crippen LogP contribution in [0.25, 0.3) is 5.69 Å². The molecule has 5 nitrogen and oxygen atoms in total. The Morgan fingerprint density at radius 3 is 2.80 bits per heavy atom. The average Bonchev–Trinajstić information content (AvgIpc) is 2.76. The minimum absolute atomic E-state index is 0.0476. The van der Waals surface area contributed by atoms with Crippen LogP contribution in [0, 0.1) is 0 Å². The molecule has 0 aliphatic rings. The number of aromatic nitrogens is 2. The minimum atomic E-state index is -0.652. The Labute approximate surface area is 128 Å². The maximum Gasteiger partial charge on any atom is 0.359 e. The van der Waals surface area contributed by atoms with Gasteiger partial charge in [0.05, 0.1) is 22.9 Å². The van der Waals surface area contributed by atoms with Gasteiger partial charge < -0.3 is 4.74 Å². The average molecular weight is 358 g/mol. The Morgan fingerprint density at radius 2 is 2.20 bits per heavy atom. The molecule has 0 saturated carbocycles. The lowest BCUT2D eigenvalue weighted by Gasteiger charge is -2.04. The largest absolute Gasteiger partial charge is 0.461 e. The number of aldehydes is 1. The molecule has 0 aliphatic carbocycles. The van der Waals surface area contributed by atoms with Crippen LogP contribution in [0.1, 0.15) is 27.8 Å². The molecule has 0 atom stereocenters. The lowest BCUT2D eigenvalue weighted by molar-refractivity contribution is 0.0517. The van der Waals surface area contributed by atoms with Crippen LogP contribution in [0.5, 0.6) is 0 Å². The van der Waals surface area contributed by atoms with E-state index in [-0.39, 0.29) is 17.9 Å². The van der Waals surface area contributed by atoms with E-state index in [9.17, 15) is 9.59 Å². The predicted octanol–water partition coefficient (Wildman–Crippen LogP) is 3.28. The minimum Gasteiger partial charge on any atom is -0.461 e. The van der Waals surface area contributed by atoms with Crippen molar-refractivity contribution in [2.45, 2.75) is 6.92 Å². The van der Waals surface area contributed by atoms with Gasteiger partial charge in [-0.05, 0) is 35.0 Å². The third kappa shape index (κ3) is 2.62. The standard InChI is InChI=1S/C13H10BrClN2O3/c1-2-20-13(19)11-8(7-18)12(14)17(16-11)10-6-4-3-5-9(10)15/h3-7H,2H2,1H3. The highest BCUT2D eigenvalue weighted by molar-refractivity contribution is 9.10. The normalized spacial score (nSPS) is 10.3. The first-order valence-corrected chi connectivity index (χ1v) is 6.93. The molecule has 1 heterocycles. The molecule has 2 aromatic rings. The molecule has 0 bridgehead atoms. The maximum atomic E-state index is 11.8. The van der Waals surface area contributed by atoms with Crippen molar-refractivity contribution in [3.63, 3.8) is 0 Å². The summed E-state index contributed by atoms with van der Waals surface area (Å²) in [6.07, 6.45) is 0.552. The van der Waals surface area contributed by atoms with E-state index in [1.54, 1.807) is 31.2 Å². The molecule has 20 heavy (non-hydrogen) atoms. The molecule has 2 rings (SSSR count). The van der Waals surface area contributed by atoms with E-state index < -0.39 is 5.97 Å².